The second-order valence-electron chi connectivity index (χ2n) is 11.9. The molecule has 1 aliphatic rings. The Morgan fingerprint density at radius 1 is 1.00 bits per heavy atom. The topological polar surface area (TPSA) is 67.6 Å². The average molecular weight is 530 g/mol. The van der Waals surface area contributed by atoms with Crippen LogP contribution in [0.4, 0.5) is 5.69 Å². The van der Waals surface area contributed by atoms with Gasteiger partial charge in [0.15, 0.2) is 0 Å². The first-order valence-electron chi connectivity index (χ1n) is 13.7. The van der Waals surface area contributed by atoms with E-state index in [1.165, 1.54) is 15.9 Å². The van der Waals surface area contributed by atoms with E-state index in [4.69, 9.17) is 10.2 Å². The highest BCUT2D eigenvalue weighted by Gasteiger charge is 2.50. The molecule has 5 nitrogen and oxygen atoms in total. The van der Waals surface area contributed by atoms with Crippen LogP contribution in [0.2, 0.25) is 5.04 Å². The number of likely N-dealkylation sites (N-methyl/N-ethyl adjacent to an activating group) is 1. The van der Waals surface area contributed by atoms with E-state index in [0.29, 0.717) is 19.6 Å². The predicted molar refractivity (Wildman–Crippen MR) is 161 cm³/mol. The Hall–Kier alpha value is -2.93. The summed E-state index contributed by atoms with van der Waals surface area (Å²) in [6.45, 7) is 12.0. The van der Waals surface area contributed by atoms with E-state index in [9.17, 15) is 4.79 Å². The van der Waals surface area contributed by atoms with Crippen molar-refractivity contribution < 1.29 is 9.22 Å². The number of nitrogens with zero attached hydrogens (tertiary/aromatic N) is 1. The number of rotatable bonds is 7. The lowest BCUT2D eigenvalue weighted by atomic mass is 9.94. The summed E-state index contributed by atoms with van der Waals surface area (Å²) < 4.78 is 7.22. The molecule has 0 spiro atoms. The number of carbonyl (C=O) groups excluding carboxylic acids is 1. The second kappa shape index (κ2) is 11.4. The molecule has 1 heterocycles. The minimum absolute atomic E-state index is 0.0438. The Labute approximate surface area is 229 Å². The summed E-state index contributed by atoms with van der Waals surface area (Å²) in [5.74, 6) is 0.188. The number of hydrogen-bond acceptors (Lipinski definition) is 4. The van der Waals surface area contributed by atoms with E-state index < -0.39 is 8.32 Å². The van der Waals surface area contributed by atoms with Crippen molar-refractivity contribution in [1.29, 1.82) is 0 Å². The first kappa shape index (κ1) is 28.1. The van der Waals surface area contributed by atoms with Crippen LogP contribution in [0.5, 0.6) is 0 Å². The normalized spacial score (nSPS) is 18.5. The van der Waals surface area contributed by atoms with Crippen LogP contribution in [-0.4, -0.2) is 40.0 Å². The summed E-state index contributed by atoms with van der Waals surface area (Å²) >= 11 is 0. The van der Waals surface area contributed by atoms with Crippen molar-refractivity contribution in [3.8, 4) is 0 Å². The molecule has 0 saturated carbocycles. The number of benzene rings is 3. The van der Waals surface area contributed by atoms with Gasteiger partial charge in [0.2, 0.25) is 5.91 Å². The first-order chi connectivity index (χ1) is 18.1. The highest BCUT2D eigenvalue weighted by molar-refractivity contribution is 6.99. The lowest BCUT2D eigenvalue weighted by molar-refractivity contribution is -0.124. The molecule has 38 heavy (non-hydrogen) atoms. The molecule has 0 radical (unpaired) electrons. The van der Waals surface area contributed by atoms with Gasteiger partial charge in [-0.1, -0.05) is 107 Å². The van der Waals surface area contributed by atoms with Gasteiger partial charge in [-0.2, -0.15) is 0 Å². The Bertz CT molecular complexity index is 1180. The number of nitrogens with one attached hydrogen (secondary N) is 1. The number of anilines is 1. The molecule has 202 valence electrons. The summed E-state index contributed by atoms with van der Waals surface area (Å²) in [7, 11) is -0.705. The summed E-state index contributed by atoms with van der Waals surface area (Å²) in [6, 6.07) is 27.3. The third-order valence-electron chi connectivity index (χ3n) is 7.81. The molecule has 3 aromatic rings. The fraction of sp³-hybridized carbons (Fsp3) is 0.406. The molecule has 1 aliphatic heterocycles. The molecule has 0 aromatic heterocycles. The fourth-order valence-electron chi connectivity index (χ4n) is 6.00. The highest BCUT2D eigenvalue weighted by Crippen LogP contribution is 2.37. The smallest absolute Gasteiger partial charge is 0.261 e. The van der Waals surface area contributed by atoms with Gasteiger partial charge < -0.3 is 20.4 Å². The van der Waals surface area contributed by atoms with Crippen molar-refractivity contribution >= 4 is 30.3 Å². The standard InChI is InChI=1S/C32H43N3O2Si/c1-23(2)30-31(36)34-26(20-25-18-17-24(21-33)19-29(25)35(30)6)22-37-38(32(3,4)5,27-13-9-7-10-14-27)28-15-11-8-12-16-28/h7-19,23,26,30H,20-22,33H2,1-6H3,(H,34,36)/t26-,30-/m0/s1. The number of fused-ring (bicyclic) bond motifs is 1. The Balaban J connectivity index is 1.76. The summed E-state index contributed by atoms with van der Waals surface area (Å²) in [5.41, 5.74) is 9.33. The quantitative estimate of drug-likeness (QED) is 0.450. The van der Waals surface area contributed by atoms with Crippen LogP contribution in [0, 0.1) is 5.92 Å². The molecule has 0 saturated heterocycles. The minimum Gasteiger partial charge on any atom is -0.405 e. The van der Waals surface area contributed by atoms with Gasteiger partial charge in [-0.15, -0.1) is 0 Å². The summed E-state index contributed by atoms with van der Waals surface area (Å²) in [5, 5.41) is 5.72. The van der Waals surface area contributed by atoms with Gasteiger partial charge in [-0.25, -0.2) is 0 Å². The van der Waals surface area contributed by atoms with Crippen LogP contribution in [0.1, 0.15) is 45.7 Å². The predicted octanol–water partition coefficient (Wildman–Crippen LogP) is 4.22. The largest absolute Gasteiger partial charge is 0.405 e. The number of nitrogens with two attached hydrogens (primary N) is 1. The van der Waals surface area contributed by atoms with Crippen molar-refractivity contribution in [2.24, 2.45) is 11.7 Å². The third kappa shape index (κ3) is 5.44. The molecule has 3 aromatic carbocycles. The van der Waals surface area contributed by atoms with Crippen LogP contribution >= 0.6 is 0 Å². The van der Waals surface area contributed by atoms with Gasteiger partial charge in [0.25, 0.3) is 8.32 Å². The van der Waals surface area contributed by atoms with Crippen LogP contribution in [0.25, 0.3) is 0 Å². The molecular formula is C32H43N3O2Si. The van der Waals surface area contributed by atoms with Crippen LogP contribution in [0.15, 0.2) is 78.9 Å². The maximum Gasteiger partial charge on any atom is 0.261 e. The third-order valence-corrected chi connectivity index (χ3v) is 12.8. The molecular weight excluding hydrogens is 486 g/mol. The molecule has 0 fully saturated rings. The summed E-state index contributed by atoms with van der Waals surface area (Å²) in [4.78, 5) is 15.8. The SMILES string of the molecule is CC(C)[C@H]1C(=O)N[C@H](CO[Si](c2ccccc2)(c2ccccc2)C(C)(C)C)Cc2ccc(CN)cc2N1C. The van der Waals surface area contributed by atoms with Crippen molar-refractivity contribution in [3.63, 3.8) is 0 Å². The van der Waals surface area contributed by atoms with E-state index >= 15 is 0 Å². The zero-order valence-corrected chi connectivity index (χ0v) is 24.7. The molecule has 1 amide bonds. The van der Waals surface area contributed by atoms with Gasteiger partial charge in [0.1, 0.15) is 6.04 Å². The molecule has 0 bridgehead atoms. The zero-order valence-electron chi connectivity index (χ0n) is 23.7. The maximum absolute atomic E-state index is 13.6. The van der Waals surface area contributed by atoms with E-state index in [0.717, 1.165) is 11.3 Å². The van der Waals surface area contributed by atoms with Gasteiger partial charge in [0, 0.05) is 19.3 Å². The fourth-order valence-corrected chi connectivity index (χ4v) is 10.6. The maximum atomic E-state index is 13.6. The zero-order chi connectivity index (χ0) is 27.5. The Morgan fingerprint density at radius 2 is 1.58 bits per heavy atom. The van der Waals surface area contributed by atoms with Crippen LogP contribution in [0.3, 0.4) is 0 Å². The minimum atomic E-state index is -2.72. The second-order valence-corrected chi connectivity index (χ2v) is 16.2. The number of carbonyl (C=O) groups is 1. The van der Waals surface area contributed by atoms with Gasteiger partial charge in [0.05, 0.1) is 12.6 Å². The van der Waals surface area contributed by atoms with E-state index in [2.05, 4.69) is 124 Å². The van der Waals surface area contributed by atoms with Gasteiger partial charge >= 0.3 is 0 Å². The summed E-state index contributed by atoms with van der Waals surface area (Å²) in [6.07, 6.45) is 0.694. The van der Waals surface area contributed by atoms with Gasteiger partial charge in [-0.05, 0) is 44.9 Å². The van der Waals surface area contributed by atoms with Crippen LogP contribution < -0.4 is 26.3 Å². The Kier molecular flexibility index (Phi) is 8.45. The van der Waals surface area contributed by atoms with Gasteiger partial charge in [-0.3, -0.25) is 4.79 Å². The van der Waals surface area contributed by atoms with Crippen LogP contribution in [-0.2, 0) is 22.2 Å². The molecule has 4 rings (SSSR count). The Morgan fingerprint density at radius 3 is 2.08 bits per heavy atom. The van der Waals surface area contributed by atoms with Crippen molar-refractivity contribution in [3.05, 3.63) is 90.0 Å². The monoisotopic (exact) mass is 529 g/mol. The molecule has 0 unspecified atom stereocenters. The lowest BCUT2D eigenvalue weighted by Crippen LogP contribution is -2.67. The lowest BCUT2D eigenvalue weighted by Gasteiger charge is -2.44. The number of hydrogen-bond donors (Lipinski definition) is 2. The highest BCUT2D eigenvalue weighted by atomic mass is 28.4. The first-order valence-corrected chi connectivity index (χ1v) is 15.6. The van der Waals surface area contributed by atoms with E-state index in [1.54, 1.807) is 0 Å². The van der Waals surface area contributed by atoms with Crippen molar-refractivity contribution in [2.75, 3.05) is 18.6 Å². The van der Waals surface area contributed by atoms with Crippen molar-refractivity contribution in [1.82, 2.24) is 5.32 Å². The molecule has 6 heteroatoms. The van der Waals surface area contributed by atoms with Crippen molar-refractivity contribution in [2.45, 2.75) is 64.7 Å². The molecule has 3 N–H and O–H groups in total. The molecule has 2 atom stereocenters. The average Bonchev–Trinajstić information content (AvgIpc) is 2.88. The number of amides is 1. The van der Waals surface area contributed by atoms with E-state index in [1.807, 2.05) is 7.05 Å². The van der Waals surface area contributed by atoms with E-state index in [-0.39, 0.29) is 28.9 Å². The molecule has 0 aliphatic carbocycles.